The lowest BCUT2D eigenvalue weighted by Crippen LogP contribution is -2.47. The number of anilines is 1. The van der Waals surface area contributed by atoms with E-state index in [1.54, 1.807) is 6.07 Å². The summed E-state index contributed by atoms with van der Waals surface area (Å²) in [6.07, 6.45) is 2.72. The summed E-state index contributed by atoms with van der Waals surface area (Å²) in [7, 11) is 0. The van der Waals surface area contributed by atoms with Gasteiger partial charge in [-0.3, -0.25) is 0 Å². The molecule has 1 aliphatic heterocycles. The number of aromatic nitrogens is 1. The second kappa shape index (κ2) is 7.21. The number of aliphatic hydroxyl groups is 1. The summed E-state index contributed by atoms with van der Waals surface area (Å²) < 4.78 is 0. The van der Waals surface area contributed by atoms with Gasteiger partial charge >= 0.3 is 0 Å². The van der Waals surface area contributed by atoms with Crippen molar-refractivity contribution in [1.29, 1.82) is 5.26 Å². The number of pyridine rings is 1. The van der Waals surface area contributed by atoms with E-state index in [2.05, 4.69) is 22.0 Å². The summed E-state index contributed by atoms with van der Waals surface area (Å²) in [5.74, 6) is 0.803. The molecule has 2 aromatic rings. The molecule has 1 fully saturated rings. The van der Waals surface area contributed by atoms with Crippen molar-refractivity contribution in [2.45, 2.75) is 19.3 Å². The molecule has 1 N–H and O–H groups in total. The molecule has 3 rings (SSSR count). The van der Waals surface area contributed by atoms with Crippen LogP contribution in [0.3, 0.4) is 0 Å². The van der Waals surface area contributed by atoms with E-state index in [1.165, 1.54) is 0 Å². The largest absolute Gasteiger partial charge is 0.396 e. The maximum absolute atomic E-state index is 10.1. The number of aliphatic hydroxyl groups excluding tert-OH is 1. The topological polar surface area (TPSA) is 60.2 Å². The number of rotatable bonds is 4. The van der Waals surface area contributed by atoms with Crippen LogP contribution in [0.5, 0.6) is 0 Å². The Kier molecular flexibility index (Phi) is 5.03. The van der Waals surface area contributed by atoms with Gasteiger partial charge in [-0.1, -0.05) is 29.8 Å². The van der Waals surface area contributed by atoms with Gasteiger partial charge in [0.05, 0.1) is 6.61 Å². The van der Waals surface area contributed by atoms with E-state index in [1.807, 2.05) is 30.3 Å². The van der Waals surface area contributed by atoms with Crippen molar-refractivity contribution in [2.75, 3.05) is 24.6 Å². The summed E-state index contributed by atoms with van der Waals surface area (Å²) in [6.45, 7) is 1.73. The molecule has 1 aromatic heterocycles. The van der Waals surface area contributed by atoms with Gasteiger partial charge in [-0.05, 0) is 49.1 Å². The zero-order valence-corrected chi connectivity index (χ0v) is 14.2. The molecule has 0 bridgehead atoms. The van der Waals surface area contributed by atoms with E-state index in [-0.39, 0.29) is 12.0 Å². The number of halogens is 1. The quantitative estimate of drug-likeness (QED) is 0.925. The lowest BCUT2D eigenvalue weighted by molar-refractivity contribution is 0.105. The highest BCUT2D eigenvalue weighted by atomic mass is 35.5. The zero-order valence-electron chi connectivity index (χ0n) is 13.5. The fraction of sp³-hybridized carbons (Fsp3) is 0.368. The molecule has 4 nitrogen and oxygen atoms in total. The molecule has 0 aliphatic carbocycles. The van der Waals surface area contributed by atoms with Crippen molar-refractivity contribution in [3.8, 4) is 6.07 Å². The van der Waals surface area contributed by atoms with Gasteiger partial charge < -0.3 is 10.0 Å². The monoisotopic (exact) mass is 341 g/mol. The molecule has 124 valence electrons. The maximum Gasteiger partial charge on any atom is 0.142 e. The van der Waals surface area contributed by atoms with Crippen LogP contribution in [0.1, 0.15) is 24.1 Å². The second-order valence-corrected chi connectivity index (χ2v) is 6.92. The average molecular weight is 342 g/mol. The smallest absolute Gasteiger partial charge is 0.142 e. The minimum atomic E-state index is -0.215. The van der Waals surface area contributed by atoms with Gasteiger partial charge in [0.25, 0.3) is 0 Å². The molecule has 5 heteroatoms. The number of piperidine rings is 1. The first-order valence-corrected chi connectivity index (χ1v) is 8.49. The van der Waals surface area contributed by atoms with Crippen molar-refractivity contribution >= 4 is 17.4 Å². The summed E-state index contributed by atoms with van der Waals surface area (Å²) in [5.41, 5.74) is 1.34. The van der Waals surface area contributed by atoms with Crippen molar-refractivity contribution in [1.82, 2.24) is 4.98 Å². The third kappa shape index (κ3) is 3.69. The number of hydrogen-bond donors (Lipinski definition) is 1. The maximum atomic E-state index is 10.1. The average Bonchev–Trinajstić information content (AvgIpc) is 2.62. The lowest BCUT2D eigenvalue weighted by Gasteiger charge is -2.42. The summed E-state index contributed by atoms with van der Waals surface area (Å²) in [4.78, 5) is 6.57. The minimum absolute atomic E-state index is 0.119. The van der Waals surface area contributed by atoms with Gasteiger partial charge in [0.2, 0.25) is 0 Å². The molecule has 0 saturated carbocycles. The molecule has 0 unspecified atom stereocenters. The fourth-order valence-electron chi connectivity index (χ4n) is 3.47. The highest BCUT2D eigenvalue weighted by molar-refractivity contribution is 6.30. The summed E-state index contributed by atoms with van der Waals surface area (Å²) in [6, 6.07) is 15.4. The molecular weight excluding hydrogens is 322 g/mol. The molecule has 1 aliphatic rings. The Labute approximate surface area is 147 Å². The van der Waals surface area contributed by atoms with E-state index >= 15 is 0 Å². The van der Waals surface area contributed by atoms with Crippen LogP contribution in [0.2, 0.25) is 5.02 Å². The van der Waals surface area contributed by atoms with E-state index < -0.39 is 0 Å². The van der Waals surface area contributed by atoms with Crippen LogP contribution in [0, 0.1) is 16.7 Å². The molecule has 0 amide bonds. The van der Waals surface area contributed by atoms with Crippen molar-refractivity contribution in [2.24, 2.45) is 5.41 Å². The van der Waals surface area contributed by atoms with Crippen LogP contribution in [-0.4, -0.2) is 29.8 Å². The highest BCUT2D eigenvalue weighted by Gasteiger charge is 2.35. The molecule has 0 radical (unpaired) electrons. The Hall–Kier alpha value is -2.09. The first-order valence-electron chi connectivity index (χ1n) is 8.12. The van der Waals surface area contributed by atoms with Crippen LogP contribution in [0.25, 0.3) is 0 Å². The SMILES string of the molecule is N#Cc1cccc(N2CCC[C@@](CO)(Cc3cccc(Cl)c3)C2)n1. The molecule has 2 heterocycles. The van der Waals surface area contributed by atoms with Gasteiger partial charge in [0.15, 0.2) is 0 Å². The Morgan fingerprint density at radius 1 is 1.29 bits per heavy atom. The molecule has 24 heavy (non-hydrogen) atoms. The summed E-state index contributed by atoms with van der Waals surface area (Å²) in [5, 5.41) is 19.9. The van der Waals surface area contributed by atoms with Gasteiger partial charge in [-0.15, -0.1) is 0 Å². The predicted octanol–water partition coefficient (Wildman–Crippen LogP) is 3.43. The van der Waals surface area contributed by atoms with Crippen LogP contribution in [0.4, 0.5) is 5.82 Å². The number of hydrogen-bond acceptors (Lipinski definition) is 4. The third-order valence-corrected chi connectivity index (χ3v) is 4.87. The number of benzene rings is 1. The van der Waals surface area contributed by atoms with Gasteiger partial charge in [-0.25, -0.2) is 4.98 Å². The first kappa shape index (κ1) is 16.8. The number of nitrogens with zero attached hydrogens (tertiary/aromatic N) is 3. The normalized spacial score (nSPS) is 20.6. The molecule has 0 spiro atoms. The zero-order chi connectivity index (χ0) is 17.0. The minimum Gasteiger partial charge on any atom is -0.396 e. The van der Waals surface area contributed by atoms with Crippen molar-refractivity contribution in [3.63, 3.8) is 0 Å². The lowest BCUT2D eigenvalue weighted by atomic mass is 9.75. The Balaban J connectivity index is 1.82. The van der Waals surface area contributed by atoms with E-state index in [0.717, 1.165) is 48.8 Å². The van der Waals surface area contributed by atoms with Crippen molar-refractivity contribution < 1.29 is 5.11 Å². The van der Waals surface area contributed by atoms with Crippen LogP contribution >= 0.6 is 11.6 Å². The molecule has 1 aromatic carbocycles. The van der Waals surface area contributed by atoms with E-state index in [4.69, 9.17) is 16.9 Å². The van der Waals surface area contributed by atoms with Gasteiger partial charge in [-0.2, -0.15) is 5.26 Å². The van der Waals surface area contributed by atoms with Gasteiger partial charge in [0.1, 0.15) is 17.6 Å². The van der Waals surface area contributed by atoms with Crippen LogP contribution in [0.15, 0.2) is 42.5 Å². The van der Waals surface area contributed by atoms with E-state index in [0.29, 0.717) is 5.69 Å². The predicted molar refractivity (Wildman–Crippen MR) is 95.1 cm³/mol. The van der Waals surface area contributed by atoms with Crippen LogP contribution < -0.4 is 4.90 Å². The standard InChI is InChI=1S/C19H20ClN3O/c20-16-5-1-4-15(10-16)11-19(14-24)8-3-9-23(13-19)18-7-2-6-17(12-21)22-18/h1-2,4-7,10,24H,3,8-9,11,13-14H2/t19-/m1/s1. The van der Waals surface area contributed by atoms with Crippen molar-refractivity contribution in [3.05, 3.63) is 58.7 Å². The summed E-state index contributed by atoms with van der Waals surface area (Å²) >= 11 is 6.10. The first-order chi connectivity index (χ1) is 11.6. The van der Waals surface area contributed by atoms with Crippen LogP contribution in [-0.2, 0) is 6.42 Å². The Morgan fingerprint density at radius 3 is 2.88 bits per heavy atom. The molecule has 1 saturated heterocycles. The Bertz CT molecular complexity index is 758. The molecular formula is C19H20ClN3O. The second-order valence-electron chi connectivity index (χ2n) is 6.48. The molecule has 1 atom stereocenters. The number of nitriles is 1. The third-order valence-electron chi connectivity index (χ3n) is 4.64. The Morgan fingerprint density at radius 2 is 2.12 bits per heavy atom. The highest BCUT2D eigenvalue weighted by Crippen LogP contribution is 2.35. The van der Waals surface area contributed by atoms with E-state index in [9.17, 15) is 5.11 Å². The van der Waals surface area contributed by atoms with Gasteiger partial charge in [0, 0.05) is 23.5 Å². The fourth-order valence-corrected chi connectivity index (χ4v) is 3.69.